The Labute approximate surface area is 665 Å². The van der Waals surface area contributed by atoms with E-state index in [4.69, 9.17) is 36.1 Å². The van der Waals surface area contributed by atoms with Crippen LogP contribution in [0.4, 0.5) is 32.2 Å². The van der Waals surface area contributed by atoms with Crippen LogP contribution in [0.5, 0.6) is 11.8 Å². The zero-order chi connectivity index (χ0) is 67.7. The van der Waals surface area contributed by atoms with Gasteiger partial charge in [-0.25, -0.2) is 45.6 Å². The Bertz CT molecular complexity index is 3850. The van der Waals surface area contributed by atoms with Crippen LogP contribution in [-0.4, -0.2) is 134 Å². The van der Waals surface area contributed by atoms with Crippen LogP contribution in [0.2, 0.25) is 5.15 Å². The van der Waals surface area contributed by atoms with E-state index in [9.17, 15) is 52.8 Å². The molecule has 0 radical (unpaired) electrons. The molecule has 0 bridgehead atoms. The van der Waals surface area contributed by atoms with Crippen molar-refractivity contribution in [2.24, 2.45) is 22.7 Å². The molecule has 2 atom stereocenters. The molecule has 2 aliphatic carbocycles. The molecule has 3 N–H and O–H groups in total. The number of pyridine rings is 2. The molecule has 2 amide bonds. The van der Waals surface area contributed by atoms with E-state index in [-0.39, 0.29) is 237 Å². The Morgan fingerprint density at radius 3 is 1.42 bits per heavy atom. The number of carbonyl (C=O) groups excluding carboxylic acids is 3. The first-order valence-corrected chi connectivity index (χ1v) is 32.0. The van der Waals surface area contributed by atoms with Crippen molar-refractivity contribution in [2.45, 2.75) is 166 Å². The Morgan fingerprint density at radius 1 is 0.698 bits per heavy atom. The largest absolute Gasteiger partial charge is 1.00 e. The third-order valence-electron chi connectivity index (χ3n) is 15.4. The van der Waals surface area contributed by atoms with Gasteiger partial charge in [-0.2, -0.15) is 63.5 Å². The first-order chi connectivity index (χ1) is 41.9. The van der Waals surface area contributed by atoms with E-state index in [1.807, 2.05) is 65.0 Å². The van der Waals surface area contributed by atoms with Crippen LogP contribution < -0.4 is 137 Å². The molecule has 4 fully saturated rings. The zero-order valence-corrected chi connectivity index (χ0v) is 67.0. The van der Waals surface area contributed by atoms with E-state index in [1.165, 1.54) is 99.1 Å². The number of nitrogens with zero attached hydrogens (tertiary/aromatic N) is 11. The summed E-state index contributed by atoms with van der Waals surface area (Å²) in [4.78, 5) is 47.7. The average Bonchev–Trinajstić information content (AvgIpc) is 1.60. The fourth-order valence-electron chi connectivity index (χ4n) is 9.96. The number of aromatic nitrogens is 10. The van der Waals surface area contributed by atoms with Crippen molar-refractivity contribution in [3.05, 3.63) is 89.9 Å². The van der Waals surface area contributed by atoms with Gasteiger partial charge in [-0.3, -0.25) is 23.7 Å². The molecular weight excluding hydrogens is 1450 g/mol. The predicted molar refractivity (Wildman–Crippen MR) is 345 cm³/mol. The smallest absolute Gasteiger partial charge is 1.00 e. The predicted octanol–water partition coefficient (Wildman–Crippen LogP) is 2.99. The molecule has 0 aromatic carbocycles. The Balaban J connectivity index is 0.000000791. The number of hydrogen-bond donors (Lipinski definition) is 3. The molecule has 2 saturated carbocycles. The van der Waals surface area contributed by atoms with E-state index in [0.29, 0.717) is 12.1 Å². The molecule has 96 heavy (non-hydrogen) atoms. The number of ether oxygens (including phenoxy) is 2. The zero-order valence-electron chi connectivity index (χ0n) is 56.5. The van der Waals surface area contributed by atoms with Crippen LogP contribution in [0.1, 0.15) is 144 Å². The van der Waals surface area contributed by atoms with Crippen LogP contribution in [0.15, 0.2) is 83.4 Å². The van der Waals surface area contributed by atoms with Gasteiger partial charge in [0, 0.05) is 54.5 Å². The first kappa shape index (κ1) is 89.0. The Hall–Kier alpha value is -3.10. The summed E-state index contributed by atoms with van der Waals surface area (Å²) in [6.07, 6.45) is 1.38. The number of halogens is 8. The van der Waals surface area contributed by atoms with Gasteiger partial charge in [0.1, 0.15) is 44.8 Å². The summed E-state index contributed by atoms with van der Waals surface area (Å²) in [5.74, 6) is -0.0582. The van der Waals surface area contributed by atoms with Gasteiger partial charge in [0.2, 0.25) is 11.8 Å². The van der Waals surface area contributed by atoms with E-state index >= 15 is 0 Å². The molecular formula is C57H80Cl2F6K2N14O11S4. The number of anilines is 1. The molecule has 2 aliphatic heterocycles. The van der Waals surface area contributed by atoms with Gasteiger partial charge in [-0.05, 0) is 150 Å². The van der Waals surface area contributed by atoms with Crippen molar-refractivity contribution < 1.29 is 181 Å². The van der Waals surface area contributed by atoms with Crippen molar-refractivity contribution in [3.63, 3.8) is 0 Å². The van der Waals surface area contributed by atoms with Crippen molar-refractivity contribution in [1.82, 2.24) is 63.9 Å². The molecule has 8 heterocycles. The second-order valence-electron chi connectivity index (χ2n) is 26.3. The summed E-state index contributed by atoms with van der Waals surface area (Å²) in [6.45, 7) is 24.6. The van der Waals surface area contributed by atoms with Crippen LogP contribution in [0, 0.1) is 22.7 Å². The second-order valence-corrected chi connectivity index (χ2v) is 30.1. The Kier molecular flexibility index (Phi) is 31.7. The van der Waals surface area contributed by atoms with Crippen LogP contribution >= 0.6 is 51.0 Å². The maximum Gasteiger partial charge on any atom is 1.00 e. The second kappa shape index (κ2) is 34.3. The number of hydrogen-bond acceptors (Lipinski definition) is 19. The average molecular weight is 1530 g/mol. The van der Waals surface area contributed by atoms with Crippen molar-refractivity contribution in [3.8, 4) is 23.4 Å². The summed E-state index contributed by atoms with van der Waals surface area (Å²) >= 11 is 6.12. The van der Waals surface area contributed by atoms with Gasteiger partial charge >= 0.3 is 115 Å². The van der Waals surface area contributed by atoms with Gasteiger partial charge in [-0.1, -0.05) is 25.4 Å². The number of alkyl halides is 6. The summed E-state index contributed by atoms with van der Waals surface area (Å²) in [5, 5.41) is 28.0. The molecule has 0 unspecified atom stereocenters. The molecule has 25 nitrogen and oxygen atoms in total. The summed E-state index contributed by atoms with van der Waals surface area (Å²) in [5.41, 5.74) is -4.74. The van der Waals surface area contributed by atoms with E-state index < -0.39 is 84.9 Å². The van der Waals surface area contributed by atoms with Gasteiger partial charge in [0.25, 0.3) is 38.3 Å². The van der Waals surface area contributed by atoms with Crippen LogP contribution in [-0.2, 0) is 40.8 Å². The van der Waals surface area contributed by atoms with Crippen molar-refractivity contribution >= 4 is 95.2 Å². The molecule has 6 aromatic rings. The maximum absolute atomic E-state index is 13.5. The molecule has 2 saturated heterocycles. The van der Waals surface area contributed by atoms with E-state index in [2.05, 4.69) is 68.0 Å². The van der Waals surface area contributed by atoms with Crippen LogP contribution in [0.25, 0.3) is 11.6 Å². The quantitative estimate of drug-likeness (QED) is 0.0313. The monoisotopic (exact) mass is 1530 g/mol. The fourth-order valence-corrected chi connectivity index (χ4v) is 12.0. The van der Waals surface area contributed by atoms with E-state index in [0.717, 1.165) is 18.5 Å². The molecule has 10 rings (SSSR count). The molecule has 526 valence electrons. The minimum Gasteiger partial charge on any atom is -1.00 e. The van der Waals surface area contributed by atoms with Gasteiger partial charge in [-0.15, -0.1) is 22.6 Å². The molecule has 6 aromatic heterocycles. The van der Waals surface area contributed by atoms with Gasteiger partial charge in [0.15, 0.2) is 11.6 Å². The number of carbonyl (C=O) groups is 3. The standard InChI is InChI=1S/C28H36F3N7O4S.C21H22ClF3N6O4S.C7H15N.CH2O3.ClH.2K.2H2S.H/c1-18-13-26(5,6)36(15-18)23-20(24(39)35-43(40,41)19-14-32-38(16-19)25(2,3)4)7-8-21(33-23)37-12-9-22(34-37)42-17-27(10-11-27)28(29,30)31;1-19(2,3)31-11-13(10-26-31)36(33,34)29-18(32)14-4-5-15(27-17(14)22)30-9-6-16(28-30)35-12-20(7-8-20)21(23,24)25;1-6-4-7(2,3)8-5-6;2-1-4-3;;;;;;/h7-9,12,14,16,18H,10-11,13,15,17H2,1-6H3,(H,35,39);4-6,9-11H,7-8,12H2,1-3H3,(H,29,32);6,8H,4-5H2,1-3H3;1,3H;1H;;;2*1H2;/q;;;;;2*+1;;;-1/p-1/t18-;;6-;;;;;;;/m0.0......./s1. The number of amides is 2. The SMILES string of the molecule is CC(C)(C)n1cc(S(=O)(=O)NC(=O)c2ccc(-n3ccc(OCC4(C(F)(F)F)CC4)n3)nc2Cl)cn1.C[C@@H]1CN(c2nc(-n3ccc(OCC4(C(F)(F)F)CC4)n3)ccc2C(=O)NS(=O)(=O)c2cnn(C(C)(C)C)c2)C(C)(C)C1.C[C@@H]1CNC(C)(C)C1.Cl.O=CO[O-].S.S.[H-].[K+].[K+]. The van der Waals surface area contributed by atoms with Crippen molar-refractivity contribution in [1.29, 1.82) is 0 Å². The van der Waals surface area contributed by atoms with Gasteiger partial charge in [0.05, 0.1) is 34.6 Å². The number of sulfonamides is 2. The Morgan fingerprint density at radius 2 is 1.10 bits per heavy atom. The van der Waals surface area contributed by atoms with Crippen LogP contribution in [0.3, 0.4) is 0 Å². The van der Waals surface area contributed by atoms with E-state index in [1.54, 1.807) is 0 Å². The number of rotatable bonds is 16. The molecule has 4 aliphatic rings. The maximum atomic E-state index is 13.5. The van der Waals surface area contributed by atoms with Crippen molar-refractivity contribution in [2.75, 3.05) is 31.2 Å². The van der Waals surface area contributed by atoms with Gasteiger partial charge < -0.3 is 31.3 Å². The normalized spacial score (nSPS) is 17.9. The first-order valence-electron chi connectivity index (χ1n) is 28.6. The fraction of sp³-hybridized carbons (Fsp3) is 0.561. The summed E-state index contributed by atoms with van der Waals surface area (Å²) in [7, 11) is -8.48. The molecule has 39 heteroatoms. The number of nitrogens with one attached hydrogen (secondary N) is 3. The summed E-state index contributed by atoms with van der Waals surface area (Å²) in [6, 6.07) is 8.36. The third kappa shape index (κ3) is 22.7. The third-order valence-corrected chi connectivity index (χ3v) is 18.3. The topological polar surface area (TPSA) is 307 Å². The minimum atomic E-state index is -4.35. The summed E-state index contributed by atoms with van der Waals surface area (Å²) < 4.78 is 151. The minimum absolute atomic E-state index is 0. The molecule has 0 spiro atoms.